The third-order valence-electron chi connectivity index (χ3n) is 4.39. The van der Waals surface area contributed by atoms with Gasteiger partial charge >= 0.3 is 5.97 Å². The molecule has 0 spiro atoms. The van der Waals surface area contributed by atoms with E-state index in [0.29, 0.717) is 23.9 Å². The van der Waals surface area contributed by atoms with Crippen molar-refractivity contribution in [2.75, 3.05) is 13.1 Å². The first-order chi connectivity index (χ1) is 12.5. The van der Waals surface area contributed by atoms with Crippen LogP contribution in [-0.4, -0.2) is 51.9 Å². The number of likely N-dealkylation sites (tertiary alicyclic amines) is 1. The molecular weight excluding hydrogens is 341 g/mol. The zero-order valence-electron chi connectivity index (χ0n) is 13.9. The van der Waals surface area contributed by atoms with Crippen LogP contribution in [0.5, 0.6) is 0 Å². The van der Waals surface area contributed by atoms with Crippen LogP contribution in [0, 0.1) is 5.82 Å². The average molecular weight is 359 g/mol. The van der Waals surface area contributed by atoms with E-state index in [1.54, 1.807) is 6.07 Å². The average Bonchev–Trinajstić information content (AvgIpc) is 2.65. The van der Waals surface area contributed by atoms with E-state index in [-0.39, 0.29) is 12.2 Å². The largest absolute Gasteiger partial charge is 0.480 e. The van der Waals surface area contributed by atoms with Gasteiger partial charge in [-0.2, -0.15) is 0 Å². The van der Waals surface area contributed by atoms with Crippen LogP contribution in [0.3, 0.4) is 0 Å². The number of nitrogens with zero attached hydrogens (tertiary/aromatic N) is 2. The Morgan fingerprint density at radius 1 is 1.23 bits per heavy atom. The fourth-order valence-electron chi connectivity index (χ4n) is 3.06. The lowest BCUT2D eigenvalue weighted by Gasteiger charge is -2.32. The van der Waals surface area contributed by atoms with Crippen LogP contribution in [0.25, 0.3) is 10.9 Å². The van der Waals surface area contributed by atoms with Gasteiger partial charge in [0.15, 0.2) is 0 Å². The highest BCUT2D eigenvalue weighted by Crippen LogP contribution is 2.17. The summed E-state index contributed by atoms with van der Waals surface area (Å²) >= 11 is 0. The Bertz CT molecular complexity index is 871. The molecule has 7 nitrogen and oxygen atoms in total. The summed E-state index contributed by atoms with van der Waals surface area (Å²) in [7, 11) is 0. The topological polar surface area (TPSA) is 99.6 Å². The van der Waals surface area contributed by atoms with E-state index in [4.69, 9.17) is 0 Å². The lowest BCUT2D eigenvalue weighted by Crippen LogP contribution is -2.51. The van der Waals surface area contributed by atoms with Gasteiger partial charge in [-0.15, -0.1) is 0 Å². The molecule has 136 valence electrons. The molecule has 2 heterocycles. The molecule has 2 N–H and O–H groups in total. The fraction of sp³-hybridized carbons (Fsp3) is 0.333. The third-order valence-corrected chi connectivity index (χ3v) is 4.39. The van der Waals surface area contributed by atoms with E-state index >= 15 is 0 Å². The van der Waals surface area contributed by atoms with E-state index in [1.165, 1.54) is 29.2 Å². The van der Waals surface area contributed by atoms with Gasteiger partial charge in [-0.25, -0.2) is 14.2 Å². The van der Waals surface area contributed by atoms with Crippen molar-refractivity contribution in [3.63, 3.8) is 0 Å². The number of hydrogen-bond acceptors (Lipinski definition) is 4. The Balaban J connectivity index is 1.65. The predicted molar refractivity (Wildman–Crippen MR) is 91.0 cm³/mol. The molecule has 2 amide bonds. The molecule has 2 aromatic rings. The highest BCUT2D eigenvalue weighted by molar-refractivity contribution is 5.97. The lowest BCUT2D eigenvalue weighted by molar-refractivity contribution is -0.151. The molecule has 1 fully saturated rings. The molecule has 1 atom stereocenters. The monoisotopic (exact) mass is 359 g/mol. The molecule has 8 heteroatoms. The smallest absolute Gasteiger partial charge is 0.326 e. The summed E-state index contributed by atoms with van der Waals surface area (Å²) in [6.45, 7) is 0.0667. The van der Waals surface area contributed by atoms with Crippen LogP contribution < -0.4 is 5.32 Å². The number of fused-ring (bicyclic) bond motifs is 1. The van der Waals surface area contributed by atoms with E-state index in [9.17, 15) is 23.9 Å². The molecule has 0 aliphatic carbocycles. The van der Waals surface area contributed by atoms with Crippen molar-refractivity contribution in [1.29, 1.82) is 0 Å². The summed E-state index contributed by atoms with van der Waals surface area (Å²) in [5, 5.41) is 12.3. The summed E-state index contributed by atoms with van der Waals surface area (Å²) in [4.78, 5) is 41.2. The Labute approximate surface area is 148 Å². The Hall–Kier alpha value is -3.03. The second kappa shape index (κ2) is 7.47. The van der Waals surface area contributed by atoms with Crippen molar-refractivity contribution < 1.29 is 23.9 Å². The van der Waals surface area contributed by atoms with Crippen LogP contribution in [0.1, 0.15) is 29.8 Å². The molecule has 26 heavy (non-hydrogen) atoms. The maximum absolute atomic E-state index is 13.2. The molecule has 1 aliphatic heterocycles. The van der Waals surface area contributed by atoms with Gasteiger partial charge in [0, 0.05) is 11.9 Å². The molecule has 1 saturated heterocycles. The summed E-state index contributed by atoms with van der Waals surface area (Å²) < 4.78 is 13.2. The Morgan fingerprint density at radius 2 is 2.04 bits per heavy atom. The van der Waals surface area contributed by atoms with Crippen molar-refractivity contribution >= 4 is 28.7 Å². The number of hydrogen-bond donors (Lipinski definition) is 2. The number of nitrogens with one attached hydrogen (secondary N) is 1. The molecular formula is C18H18FN3O4. The number of halogens is 1. The molecule has 0 radical (unpaired) electrons. The maximum Gasteiger partial charge on any atom is 0.326 e. The van der Waals surface area contributed by atoms with Gasteiger partial charge in [-0.1, -0.05) is 6.07 Å². The first-order valence-corrected chi connectivity index (χ1v) is 8.32. The summed E-state index contributed by atoms with van der Waals surface area (Å²) in [5.74, 6) is -2.41. The van der Waals surface area contributed by atoms with E-state index in [0.717, 1.165) is 12.8 Å². The molecule has 3 rings (SSSR count). The van der Waals surface area contributed by atoms with Crippen LogP contribution >= 0.6 is 0 Å². The second-order valence-electron chi connectivity index (χ2n) is 6.15. The second-order valence-corrected chi connectivity index (χ2v) is 6.15. The van der Waals surface area contributed by atoms with Gasteiger partial charge in [0.2, 0.25) is 5.91 Å². The number of rotatable bonds is 4. The number of amides is 2. The first kappa shape index (κ1) is 17.8. The molecule has 1 aliphatic rings. The molecule has 1 aromatic carbocycles. The van der Waals surface area contributed by atoms with Crippen LogP contribution in [0.15, 0.2) is 30.3 Å². The van der Waals surface area contributed by atoms with Crippen LogP contribution in [-0.2, 0) is 9.59 Å². The van der Waals surface area contributed by atoms with E-state index in [2.05, 4.69) is 10.3 Å². The van der Waals surface area contributed by atoms with Gasteiger partial charge in [-0.3, -0.25) is 9.59 Å². The fourth-order valence-corrected chi connectivity index (χ4v) is 3.06. The summed E-state index contributed by atoms with van der Waals surface area (Å²) in [6, 6.07) is 6.22. The quantitative estimate of drug-likeness (QED) is 0.863. The van der Waals surface area contributed by atoms with Gasteiger partial charge < -0.3 is 15.3 Å². The lowest BCUT2D eigenvalue weighted by atomic mass is 10.0. The Kier molecular flexibility index (Phi) is 5.11. The minimum atomic E-state index is -1.03. The maximum atomic E-state index is 13.2. The molecule has 1 unspecified atom stereocenters. The number of benzene rings is 1. The summed E-state index contributed by atoms with van der Waals surface area (Å²) in [6.07, 6.45) is 1.92. The number of aromatic nitrogens is 1. The minimum Gasteiger partial charge on any atom is -0.480 e. The number of aliphatic carboxylic acids is 1. The highest BCUT2D eigenvalue weighted by atomic mass is 19.1. The molecule has 1 aromatic heterocycles. The van der Waals surface area contributed by atoms with Crippen molar-refractivity contribution in [3.8, 4) is 0 Å². The van der Waals surface area contributed by atoms with Crippen LogP contribution in [0.2, 0.25) is 0 Å². The number of carbonyl (C=O) groups is 3. The highest BCUT2D eigenvalue weighted by Gasteiger charge is 2.31. The SMILES string of the molecule is O=C(NCC(=O)N1CCCCC1C(=O)O)c1ccc2cc(F)ccc2n1. The van der Waals surface area contributed by atoms with Crippen LogP contribution in [0.4, 0.5) is 4.39 Å². The van der Waals surface area contributed by atoms with E-state index in [1.807, 2.05) is 0 Å². The van der Waals surface area contributed by atoms with Gasteiger partial charge in [0.05, 0.1) is 12.1 Å². The van der Waals surface area contributed by atoms with E-state index < -0.39 is 29.6 Å². The number of carbonyl (C=O) groups excluding carboxylic acids is 2. The van der Waals surface area contributed by atoms with Gasteiger partial charge in [-0.05, 0) is 43.5 Å². The third kappa shape index (κ3) is 3.79. The number of pyridine rings is 1. The van der Waals surface area contributed by atoms with Crippen molar-refractivity contribution in [1.82, 2.24) is 15.2 Å². The molecule has 0 saturated carbocycles. The zero-order valence-corrected chi connectivity index (χ0v) is 13.9. The summed E-state index contributed by atoms with van der Waals surface area (Å²) in [5.41, 5.74) is 0.567. The minimum absolute atomic E-state index is 0.102. The van der Waals surface area contributed by atoms with Crippen molar-refractivity contribution in [2.24, 2.45) is 0 Å². The zero-order chi connectivity index (χ0) is 18.7. The van der Waals surface area contributed by atoms with Crippen molar-refractivity contribution in [3.05, 3.63) is 41.8 Å². The molecule has 0 bridgehead atoms. The normalized spacial score (nSPS) is 17.1. The number of carboxylic acid groups (broad SMARTS) is 1. The number of piperidine rings is 1. The van der Waals surface area contributed by atoms with Gasteiger partial charge in [0.1, 0.15) is 17.6 Å². The number of carboxylic acids is 1. The standard InChI is InChI=1S/C18H18FN3O4/c19-12-5-7-13-11(9-12)4-6-14(21-13)17(24)20-10-16(23)22-8-2-1-3-15(22)18(25)26/h4-7,9,15H,1-3,8,10H2,(H,20,24)(H,25,26). The predicted octanol–water partition coefficient (Wildman–Crippen LogP) is 1.57. The van der Waals surface area contributed by atoms with Crippen molar-refractivity contribution in [2.45, 2.75) is 25.3 Å². The Morgan fingerprint density at radius 3 is 2.81 bits per heavy atom. The van der Waals surface area contributed by atoms with Gasteiger partial charge in [0.25, 0.3) is 5.91 Å². The first-order valence-electron chi connectivity index (χ1n) is 8.32.